The van der Waals surface area contributed by atoms with E-state index in [0.717, 1.165) is 5.56 Å². The van der Waals surface area contributed by atoms with Crippen molar-refractivity contribution in [3.05, 3.63) is 70.2 Å². The van der Waals surface area contributed by atoms with Gasteiger partial charge in [-0.15, -0.1) is 0 Å². The van der Waals surface area contributed by atoms with Crippen LogP contribution in [-0.2, 0) is 9.59 Å². The predicted octanol–water partition coefficient (Wildman–Crippen LogP) is 3.75. The molecule has 2 aromatic carbocycles. The smallest absolute Gasteiger partial charge is 0.318 e. The fraction of sp³-hybridized carbons (Fsp3) is 0. The van der Waals surface area contributed by atoms with Crippen LogP contribution in [0.3, 0.4) is 0 Å². The summed E-state index contributed by atoms with van der Waals surface area (Å²) in [4.78, 5) is 23.3. The summed E-state index contributed by atoms with van der Waals surface area (Å²) in [5.74, 6) is -1.76. The first kappa shape index (κ1) is 17.7. The Morgan fingerprint density at radius 3 is 2.42 bits per heavy atom. The van der Waals surface area contributed by atoms with Crippen molar-refractivity contribution < 1.29 is 9.59 Å². The van der Waals surface area contributed by atoms with Crippen LogP contribution in [-0.4, -0.2) is 18.0 Å². The highest BCUT2D eigenvalue weighted by atomic mass is 35.5. The van der Waals surface area contributed by atoms with Crippen LogP contribution >= 0.6 is 23.2 Å². The number of anilines is 1. The van der Waals surface area contributed by atoms with Gasteiger partial charge in [0.2, 0.25) is 0 Å². The Kier molecular flexibility index (Phi) is 6.54. The van der Waals surface area contributed by atoms with Crippen molar-refractivity contribution in [1.82, 2.24) is 5.43 Å². The van der Waals surface area contributed by atoms with Crippen LogP contribution < -0.4 is 10.7 Å². The van der Waals surface area contributed by atoms with Gasteiger partial charge in [0.05, 0.1) is 10.0 Å². The third kappa shape index (κ3) is 5.53. The van der Waals surface area contributed by atoms with Crippen molar-refractivity contribution in [1.29, 1.82) is 0 Å². The van der Waals surface area contributed by atoms with E-state index in [-0.39, 0.29) is 5.02 Å². The molecule has 0 spiro atoms. The van der Waals surface area contributed by atoms with E-state index in [0.29, 0.717) is 10.7 Å². The highest BCUT2D eigenvalue weighted by Gasteiger charge is 2.13. The number of carbonyl (C=O) groups excluding carboxylic acids is 2. The van der Waals surface area contributed by atoms with Gasteiger partial charge in [-0.25, -0.2) is 5.43 Å². The quantitative estimate of drug-likeness (QED) is 0.494. The number of amides is 2. The second kappa shape index (κ2) is 8.86. The fourth-order valence-corrected chi connectivity index (χ4v) is 1.97. The third-order valence-electron chi connectivity index (χ3n) is 2.80. The highest BCUT2D eigenvalue weighted by molar-refractivity contribution is 6.42. The number of halogens is 2. The molecular formula is C17H13Cl2N3O2. The number of carbonyl (C=O) groups is 2. The number of allylic oxidation sites excluding steroid dienone is 1. The summed E-state index contributed by atoms with van der Waals surface area (Å²) in [7, 11) is 0. The number of hydrazone groups is 1. The molecule has 0 aromatic heterocycles. The number of nitrogens with one attached hydrogen (secondary N) is 2. The molecule has 0 atom stereocenters. The third-order valence-corrected chi connectivity index (χ3v) is 3.54. The number of nitrogens with zero attached hydrogens (tertiary/aromatic N) is 1. The number of hydrogen-bond acceptors (Lipinski definition) is 3. The second-order valence-electron chi connectivity index (χ2n) is 4.57. The maximum atomic E-state index is 11.7. The summed E-state index contributed by atoms with van der Waals surface area (Å²) in [6.45, 7) is 0. The van der Waals surface area contributed by atoms with Gasteiger partial charge in [0.15, 0.2) is 0 Å². The largest absolute Gasteiger partial charge is 0.329 e. The number of benzene rings is 2. The van der Waals surface area contributed by atoms with Crippen LogP contribution in [0.5, 0.6) is 0 Å². The molecular weight excluding hydrogens is 349 g/mol. The Morgan fingerprint density at radius 2 is 1.71 bits per heavy atom. The fourth-order valence-electron chi connectivity index (χ4n) is 1.67. The van der Waals surface area contributed by atoms with Crippen molar-refractivity contribution >= 4 is 53.0 Å². The molecule has 0 aliphatic rings. The summed E-state index contributed by atoms with van der Waals surface area (Å²) >= 11 is 11.6. The molecule has 2 rings (SSSR count). The van der Waals surface area contributed by atoms with Crippen molar-refractivity contribution in [3.63, 3.8) is 0 Å². The van der Waals surface area contributed by atoms with Crippen LogP contribution in [0.15, 0.2) is 59.7 Å². The molecule has 2 aromatic rings. The van der Waals surface area contributed by atoms with E-state index in [1.807, 2.05) is 36.4 Å². The molecule has 0 saturated heterocycles. The maximum Gasteiger partial charge on any atom is 0.329 e. The van der Waals surface area contributed by atoms with Crippen molar-refractivity contribution in [2.75, 3.05) is 5.32 Å². The van der Waals surface area contributed by atoms with Crippen LogP contribution in [0.25, 0.3) is 6.08 Å². The average molecular weight is 362 g/mol. The Hall–Kier alpha value is -2.63. The van der Waals surface area contributed by atoms with Gasteiger partial charge in [0.1, 0.15) is 0 Å². The molecule has 2 N–H and O–H groups in total. The van der Waals surface area contributed by atoms with E-state index in [9.17, 15) is 9.59 Å². The Morgan fingerprint density at radius 1 is 0.958 bits per heavy atom. The van der Waals surface area contributed by atoms with Gasteiger partial charge in [0, 0.05) is 11.9 Å². The van der Waals surface area contributed by atoms with E-state index >= 15 is 0 Å². The first-order chi connectivity index (χ1) is 11.6. The minimum absolute atomic E-state index is 0.277. The lowest BCUT2D eigenvalue weighted by atomic mass is 10.2. The monoisotopic (exact) mass is 361 g/mol. The Bertz CT molecular complexity index is 790. The lowest BCUT2D eigenvalue weighted by Crippen LogP contribution is -2.32. The van der Waals surface area contributed by atoms with Gasteiger partial charge >= 0.3 is 11.8 Å². The van der Waals surface area contributed by atoms with Gasteiger partial charge in [-0.05, 0) is 29.8 Å². The van der Waals surface area contributed by atoms with Gasteiger partial charge in [-0.2, -0.15) is 5.10 Å². The first-order valence-corrected chi connectivity index (χ1v) is 7.63. The van der Waals surface area contributed by atoms with Crippen molar-refractivity contribution in [2.45, 2.75) is 0 Å². The summed E-state index contributed by atoms with van der Waals surface area (Å²) in [5, 5.41) is 6.68. The zero-order valence-electron chi connectivity index (χ0n) is 12.4. The van der Waals surface area contributed by atoms with Gasteiger partial charge < -0.3 is 5.32 Å². The van der Waals surface area contributed by atoms with E-state index in [1.165, 1.54) is 24.4 Å². The summed E-state index contributed by atoms with van der Waals surface area (Å²) in [5.41, 5.74) is 3.48. The van der Waals surface area contributed by atoms with Crippen LogP contribution in [0.4, 0.5) is 5.69 Å². The lowest BCUT2D eigenvalue weighted by molar-refractivity contribution is -0.136. The highest BCUT2D eigenvalue weighted by Crippen LogP contribution is 2.24. The maximum absolute atomic E-state index is 11.7. The molecule has 5 nitrogen and oxygen atoms in total. The SMILES string of the molecule is O=C(N/N=C/C=C/c1ccccc1)C(=O)Nc1ccc(Cl)c(Cl)c1. The minimum atomic E-state index is -0.898. The molecule has 24 heavy (non-hydrogen) atoms. The van der Waals surface area contributed by atoms with E-state index in [2.05, 4.69) is 15.8 Å². The molecule has 0 aliphatic carbocycles. The second-order valence-corrected chi connectivity index (χ2v) is 5.39. The average Bonchev–Trinajstić information content (AvgIpc) is 2.58. The normalized spacial score (nSPS) is 10.9. The number of rotatable bonds is 4. The Labute approximate surface area is 149 Å². The predicted molar refractivity (Wildman–Crippen MR) is 97.2 cm³/mol. The topological polar surface area (TPSA) is 70.6 Å². The van der Waals surface area contributed by atoms with Crippen LogP contribution in [0, 0.1) is 0 Å². The van der Waals surface area contributed by atoms with E-state index in [1.54, 1.807) is 6.08 Å². The van der Waals surface area contributed by atoms with E-state index < -0.39 is 11.8 Å². The molecule has 0 aliphatic heterocycles. The van der Waals surface area contributed by atoms with Crippen LogP contribution in [0.1, 0.15) is 5.56 Å². The molecule has 0 heterocycles. The first-order valence-electron chi connectivity index (χ1n) is 6.87. The van der Waals surface area contributed by atoms with Gasteiger partial charge in [0.25, 0.3) is 0 Å². The van der Waals surface area contributed by atoms with Gasteiger partial charge in [-0.3, -0.25) is 9.59 Å². The van der Waals surface area contributed by atoms with Gasteiger partial charge in [-0.1, -0.05) is 59.6 Å². The molecule has 7 heteroatoms. The molecule has 0 saturated carbocycles. The van der Waals surface area contributed by atoms with Crippen LogP contribution in [0.2, 0.25) is 10.0 Å². The lowest BCUT2D eigenvalue weighted by Gasteiger charge is -2.04. The van der Waals surface area contributed by atoms with E-state index in [4.69, 9.17) is 23.2 Å². The summed E-state index contributed by atoms with van der Waals surface area (Å²) < 4.78 is 0. The van der Waals surface area contributed by atoms with Crippen molar-refractivity contribution in [3.8, 4) is 0 Å². The van der Waals surface area contributed by atoms with Crippen molar-refractivity contribution in [2.24, 2.45) is 5.10 Å². The zero-order chi connectivity index (χ0) is 17.4. The standard InChI is InChI=1S/C17H13Cl2N3O2/c18-14-9-8-13(11-15(14)19)21-16(23)17(24)22-20-10-4-7-12-5-2-1-3-6-12/h1-11H,(H,21,23)(H,22,24)/b7-4+,20-10+. The number of hydrogen-bond donors (Lipinski definition) is 2. The Balaban J connectivity index is 1.83. The molecule has 2 amide bonds. The molecule has 0 fully saturated rings. The zero-order valence-corrected chi connectivity index (χ0v) is 13.9. The molecule has 0 bridgehead atoms. The summed E-state index contributed by atoms with van der Waals surface area (Å²) in [6, 6.07) is 14.1. The molecule has 0 radical (unpaired) electrons. The minimum Gasteiger partial charge on any atom is -0.318 e. The summed E-state index contributed by atoms with van der Waals surface area (Å²) in [6.07, 6.45) is 4.83. The molecule has 122 valence electrons. The molecule has 0 unspecified atom stereocenters.